The lowest BCUT2D eigenvalue weighted by atomic mass is 10.1. The third-order valence-electron chi connectivity index (χ3n) is 2.36. The van der Waals surface area contributed by atoms with Gasteiger partial charge in [0.2, 0.25) is 0 Å². The Labute approximate surface area is 84.9 Å². The highest BCUT2D eigenvalue weighted by Crippen LogP contribution is 2.20. The minimum atomic E-state index is -0.276. The van der Waals surface area contributed by atoms with Crippen molar-refractivity contribution in [2.45, 2.75) is 32.0 Å². The molecule has 1 heterocycles. The summed E-state index contributed by atoms with van der Waals surface area (Å²) >= 11 is 0. The molecule has 1 aliphatic rings. The van der Waals surface area contributed by atoms with Crippen molar-refractivity contribution in [1.29, 1.82) is 0 Å². The standard InChI is InChI=1S/C10H20FNO2/c1-10(2)8-12(5-3-4-11)6-9(7-13)14-10/h9,13H,3-8H2,1-2H3. The molecule has 0 aromatic heterocycles. The lowest BCUT2D eigenvalue weighted by molar-refractivity contribution is -0.149. The van der Waals surface area contributed by atoms with E-state index in [-0.39, 0.29) is 25.0 Å². The molecule has 84 valence electrons. The van der Waals surface area contributed by atoms with Gasteiger partial charge in [-0.25, -0.2) is 0 Å². The van der Waals surface area contributed by atoms with Crippen molar-refractivity contribution < 1.29 is 14.2 Å². The Balaban J connectivity index is 2.43. The van der Waals surface area contributed by atoms with E-state index >= 15 is 0 Å². The molecule has 14 heavy (non-hydrogen) atoms. The molecule has 0 saturated carbocycles. The van der Waals surface area contributed by atoms with E-state index in [1.54, 1.807) is 0 Å². The van der Waals surface area contributed by atoms with Crippen LogP contribution in [0.5, 0.6) is 0 Å². The third kappa shape index (κ3) is 3.52. The molecule has 1 fully saturated rings. The summed E-state index contributed by atoms with van der Waals surface area (Å²) < 4.78 is 17.7. The number of alkyl halides is 1. The normalized spacial score (nSPS) is 27.9. The molecule has 0 amide bonds. The summed E-state index contributed by atoms with van der Waals surface area (Å²) in [5.74, 6) is 0. The minimum absolute atomic E-state index is 0.0373. The van der Waals surface area contributed by atoms with Gasteiger partial charge < -0.3 is 9.84 Å². The molecule has 1 unspecified atom stereocenters. The zero-order valence-electron chi connectivity index (χ0n) is 9.00. The third-order valence-corrected chi connectivity index (χ3v) is 2.36. The lowest BCUT2D eigenvalue weighted by Crippen LogP contribution is -2.53. The molecule has 3 nitrogen and oxygen atoms in total. The number of hydrogen-bond donors (Lipinski definition) is 1. The van der Waals surface area contributed by atoms with Crippen LogP contribution in [0.4, 0.5) is 4.39 Å². The van der Waals surface area contributed by atoms with Gasteiger partial charge in [-0.2, -0.15) is 0 Å². The van der Waals surface area contributed by atoms with E-state index in [9.17, 15) is 4.39 Å². The van der Waals surface area contributed by atoms with Crippen molar-refractivity contribution in [2.75, 3.05) is 32.9 Å². The molecule has 1 aliphatic heterocycles. The van der Waals surface area contributed by atoms with Crippen LogP contribution in [0.15, 0.2) is 0 Å². The van der Waals surface area contributed by atoms with Crippen molar-refractivity contribution in [3.05, 3.63) is 0 Å². The van der Waals surface area contributed by atoms with Gasteiger partial charge in [-0.1, -0.05) is 0 Å². The summed E-state index contributed by atoms with van der Waals surface area (Å²) in [6, 6.07) is 0. The maximum absolute atomic E-state index is 12.0. The topological polar surface area (TPSA) is 32.7 Å². The van der Waals surface area contributed by atoms with Crippen LogP contribution in [0.2, 0.25) is 0 Å². The molecule has 0 bridgehead atoms. The van der Waals surface area contributed by atoms with Gasteiger partial charge in [-0.15, -0.1) is 0 Å². The van der Waals surface area contributed by atoms with E-state index in [1.807, 2.05) is 13.8 Å². The predicted octanol–water partition coefficient (Wildman–Crippen LogP) is 0.818. The Morgan fingerprint density at radius 2 is 2.29 bits per heavy atom. The van der Waals surface area contributed by atoms with Crippen LogP contribution in [-0.4, -0.2) is 54.6 Å². The van der Waals surface area contributed by atoms with Crippen LogP contribution >= 0.6 is 0 Å². The number of hydrogen-bond acceptors (Lipinski definition) is 3. The SMILES string of the molecule is CC1(C)CN(CCCF)CC(CO)O1. The summed E-state index contributed by atoms with van der Waals surface area (Å²) in [7, 11) is 0. The molecule has 0 aliphatic carbocycles. The summed E-state index contributed by atoms with van der Waals surface area (Å²) in [5.41, 5.74) is -0.234. The molecule has 0 spiro atoms. The zero-order valence-corrected chi connectivity index (χ0v) is 9.00. The number of nitrogens with zero attached hydrogens (tertiary/aromatic N) is 1. The Hall–Kier alpha value is -0.190. The quantitative estimate of drug-likeness (QED) is 0.737. The summed E-state index contributed by atoms with van der Waals surface area (Å²) in [6.45, 7) is 6.02. The first-order chi connectivity index (χ1) is 6.57. The number of rotatable bonds is 4. The van der Waals surface area contributed by atoms with Gasteiger partial charge in [-0.3, -0.25) is 9.29 Å². The molecule has 1 N–H and O–H groups in total. The maximum atomic E-state index is 12.0. The van der Waals surface area contributed by atoms with E-state index in [4.69, 9.17) is 9.84 Å². The largest absolute Gasteiger partial charge is 0.394 e. The summed E-state index contributed by atoms with van der Waals surface area (Å²) in [4.78, 5) is 2.16. The van der Waals surface area contributed by atoms with Gasteiger partial charge in [0.25, 0.3) is 0 Å². The summed E-state index contributed by atoms with van der Waals surface area (Å²) in [6.07, 6.45) is 0.437. The van der Waals surface area contributed by atoms with E-state index in [0.717, 1.165) is 13.1 Å². The second-order valence-corrected chi connectivity index (χ2v) is 4.46. The second kappa shape index (κ2) is 5.05. The van der Waals surface area contributed by atoms with Crippen LogP contribution in [0.1, 0.15) is 20.3 Å². The number of ether oxygens (including phenoxy) is 1. The fourth-order valence-corrected chi connectivity index (χ4v) is 1.97. The van der Waals surface area contributed by atoms with Crippen molar-refractivity contribution in [2.24, 2.45) is 0 Å². The van der Waals surface area contributed by atoms with Gasteiger partial charge in [0.1, 0.15) is 0 Å². The highest BCUT2D eigenvalue weighted by Gasteiger charge is 2.32. The molecule has 4 heteroatoms. The first-order valence-corrected chi connectivity index (χ1v) is 5.14. The molecular weight excluding hydrogens is 185 g/mol. The Kier molecular flexibility index (Phi) is 4.29. The fraction of sp³-hybridized carbons (Fsp3) is 1.00. The van der Waals surface area contributed by atoms with E-state index in [1.165, 1.54) is 0 Å². The first-order valence-electron chi connectivity index (χ1n) is 5.14. The van der Waals surface area contributed by atoms with Crippen molar-refractivity contribution in [3.8, 4) is 0 Å². The Morgan fingerprint density at radius 1 is 1.57 bits per heavy atom. The number of aliphatic hydroxyl groups excluding tert-OH is 1. The molecule has 0 aromatic rings. The maximum Gasteiger partial charge on any atom is 0.0940 e. The fourth-order valence-electron chi connectivity index (χ4n) is 1.97. The molecule has 1 saturated heterocycles. The van der Waals surface area contributed by atoms with Gasteiger partial charge >= 0.3 is 0 Å². The van der Waals surface area contributed by atoms with Gasteiger partial charge in [0.15, 0.2) is 0 Å². The molecular formula is C10H20FNO2. The van der Waals surface area contributed by atoms with E-state index in [2.05, 4.69) is 4.90 Å². The molecule has 1 atom stereocenters. The van der Waals surface area contributed by atoms with E-state index < -0.39 is 0 Å². The monoisotopic (exact) mass is 205 g/mol. The Morgan fingerprint density at radius 3 is 2.86 bits per heavy atom. The van der Waals surface area contributed by atoms with Gasteiger partial charge in [0, 0.05) is 19.6 Å². The number of morpholine rings is 1. The predicted molar refractivity (Wildman–Crippen MR) is 53.1 cm³/mol. The van der Waals surface area contributed by atoms with E-state index in [0.29, 0.717) is 13.0 Å². The summed E-state index contributed by atoms with van der Waals surface area (Å²) in [5, 5.41) is 9.04. The highest BCUT2D eigenvalue weighted by atomic mass is 19.1. The molecule has 1 rings (SSSR count). The number of aliphatic hydroxyl groups is 1. The van der Waals surface area contributed by atoms with Gasteiger partial charge in [-0.05, 0) is 20.3 Å². The van der Waals surface area contributed by atoms with Crippen LogP contribution in [0, 0.1) is 0 Å². The second-order valence-electron chi connectivity index (χ2n) is 4.46. The van der Waals surface area contributed by atoms with Crippen molar-refractivity contribution >= 4 is 0 Å². The minimum Gasteiger partial charge on any atom is -0.394 e. The van der Waals surface area contributed by atoms with Crippen LogP contribution in [0.25, 0.3) is 0 Å². The zero-order chi connectivity index (χ0) is 10.6. The van der Waals surface area contributed by atoms with Crippen molar-refractivity contribution in [3.63, 3.8) is 0 Å². The van der Waals surface area contributed by atoms with Crippen LogP contribution in [-0.2, 0) is 4.74 Å². The van der Waals surface area contributed by atoms with Crippen LogP contribution < -0.4 is 0 Å². The lowest BCUT2D eigenvalue weighted by Gasteiger charge is -2.42. The van der Waals surface area contributed by atoms with Gasteiger partial charge in [0.05, 0.1) is 25.0 Å². The Bertz CT molecular complexity index is 176. The van der Waals surface area contributed by atoms with Crippen LogP contribution in [0.3, 0.4) is 0 Å². The smallest absolute Gasteiger partial charge is 0.0940 e. The number of halogens is 1. The average molecular weight is 205 g/mol. The highest BCUT2D eigenvalue weighted by molar-refractivity contribution is 4.83. The van der Waals surface area contributed by atoms with Crippen molar-refractivity contribution in [1.82, 2.24) is 4.90 Å². The first kappa shape index (κ1) is 11.9. The molecule has 0 radical (unpaired) electrons. The molecule has 0 aromatic carbocycles. The average Bonchev–Trinajstić information content (AvgIpc) is 2.12.